The summed E-state index contributed by atoms with van der Waals surface area (Å²) in [7, 11) is 0. The van der Waals surface area contributed by atoms with E-state index in [1.165, 1.54) is 0 Å². The Morgan fingerprint density at radius 3 is 2.09 bits per heavy atom. The number of piperazine rings is 1. The van der Waals surface area contributed by atoms with Gasteiger partial charge in [-0.1, -0.05) is 45.9 Å². The molecule has 1 amide bonds. The summed E-state index contributed by atoms with van der Waals surface area (Å²) in [5.74, 6) is 0.341. The van der Waals surface area contributed by atoms with Crippen LogP contribution >= 0.6 is 0 Å². The molecule has 35 heavy (non-hydrogen) atoms. The number of hydrogen-bond acceptors (Lipinski definition) is 5. The maximum atomic E-state index is 13.0. The lowest BCUT2D eigenvalue weighted by molar-refractivity contribution is -0.384. The summed E-state index contributed by atoms with van der Waals surface area (Å²) in [6, 6.07) is 8.62. The molecule has 1 heterocycles. The molecule has 0 spiro atoms. The summed E-state index contributed by atoms with van der Waals surface area (Å²) in [5, 5.41) is 14.5. The molecule has 1 aliphatic heterocycles. The van der Waals surface area contributed by atoms with Gasteiger partial charge in [-0.3, -0.25) is 19.8 Å². The van der Waals surface area contributed by atoms with Gasteiger partial charge in [-0.15, -0.1) is 0 Å². The van der Waals surface area contributed by atoms with Crippen molar-refractivity contribution in [2.75, 3.05) is 42.9 Å². The Bertz CT molecular complexity index is 1050. The molecule has 0 radical (unpaired) electrons. The van der Waals surface area contributed by atoms with E-state index >= 15 is 0 Å². The molecule has 190 valence electrons. The number of anilines is 2. The zero-order valence-electron chi connectivity index (χ0n) is 20.4. The van der Waals surface area contributed by atoms with Crippen LogP contribution in [0.4, 0.5) is 30.2 Å². The van der Waals surface area contributed by atoms with Gasteiger partial charge in [0, 0.05) is 37.9 Å². The van der Waals surface area contributed by atoms with Crippen LogP contribution in [0.1, 0.15) is 56.2 Å². The molecule has 0 atom stereocenters. The van der Waals surface area contributed by atoms with Gasteiger partial charge >= 0.3 is 6.18 Å². The van der Waals surface area contributed by atoms with E-state index in [2.05, 4.69) is 33.0 Å². The summed E-state index contributed by atoms with van der Waals surface area (Å²) in [4.78, 5) is 27.2. The van der Waals surface area contributed by atoms with Crippen molar-refractivity contribution >= 4 is 23.0 Å². The van der Waals surface area contributed by atoms with Crippen LogP contribution in [-0.4, -0.2) is 48.5 Å². The lowest BCUT2D eigenvalue weighted by Gasteiger charge is -2.35. The smallest absolute Gasteiger partial charge is 0.363 e. The highest BCUT2D eigenvalue weighted by Crippen LogP contribution is 2.37. The first-order valence-corrected chi connectivity index (χ1v) is 11.6. The van der Waals surface area contributed by atoms with Gasteiger partial charge in [-0.05, 0) is 35.1 Å². The van der Waals surface area contributed by atoms with E-state index in [4.69, 9.17) is 0 Å². The third-order valence-electron chi connectivity index (χ3n) is 6.22. The maximum absolute atomic E-state index is 13.0. The summed E-state index contributed by atoms with van der Waals surface area (Å²) >= 11 is 0. The minimum Gasteiger partial charge on any atom is -0.363 e. The molecular formula is C25H31F3N4O3. The molecular weight excluding hydrogens is 461 g/mol. The second kappa shape index (κ2) is 10.6. The highest BCUT2D eigenvalue weighted by molar-refractivity contribution is 5.94. The Hall–Kier alpha value is -3.14. The van der Waals surface area contributed by atoms with Crippen molar-refractivity contribution in [1.82, 2.24) is 4.90 Å². The number of nitrogens with zero attached hydrogens (tertiary/aromatic N) is 3. The molecule has 7 nitrogen and oxygen atoms in total. The third kappa shape index (κ3) is 6.30. The molecule has 2 aromatic carbocycles. The van der Waals surface area contributed by atoms with Crippen molar-refractivity contribution < 1.29 is 22.9 Å². The number of nitrogens with one attached hydrogen (secondary N) is 1. The topological polar surface area (TPSA) is 78.7 Å². The van der Waals surface area contributed by atoms with Crippen LogP contribution in [0.2, 0.25) is 0 Å². The molecule has 1 fully saturated rings. The van der Waals surface area contributed by atoms with Crippen molar-refractivity contribution in [2.45, 2.75) is 45.7 Å². The van der Waals surface area contributed by atoms with E-state index in [-0.39, 0.29) is 30.0 Å². The summed E-state index contributed by atoms with van der Waals surface area (Å²) in [5.41, 5.74) is 1.53. The number of benzene rings is 2. The first-order valence-electron chi connectivity index (χ1n) is 11.6. The highest BCUT2D eigenvalue weighted by atomic mass is 19.4. The number of para-hydroxylation sites is 1. The number of halogens is 3. The van der Waals surface area contributed by atoms with Crippen LogP contribution < -0.4 is 10.2 Å². The maximum Gasteiger partial charge on any atom is 0.416 e. The van der Waals surface area contributed by atoms with Crippen molar-refractivity contribution in [3.05, 3.63) is 63.2 Å². The fraction of sp³-hybridized carbons (Fsp3) is 0.480. The van der Waals surface area contributed by atoms with E-state index in [0.29, 0.717) is 32.2 Å². The number of hydrogen-bond donors (Lipinski definition) is 1. The number of carbonyl (C=O) groups excluding carboxylic acids is 1. The SMILES string of the molecule is CC(C)c1cccc(C(C)C)c1NC(=O)CN1CCN(c2ccc(C(F)(F)F)cc2[N+](=O)[O-])CC1. The minimum absolute atomic E-state index is 0.144. The Balaban J connectivity index is 1.67. The van der Waals surface area contributed by atoms with Gasteiger partial charge in [0.05, 0.1) is 17.0 Å². The van der Waals surface area contributed by atoms with Crippen LogP contribution in [0, 0.1) is 10.1 Å². The van der Waals surface area contributed by atoms with E-state index in [9.17, 15) is 28.1 Å². The van der Waals surface area contributed by atoms with Crippen LogP contribution in [-0.2, 0) is 11.0 Å². The van der Waals surface area contributed by atoms with Crippen molar-refractivity contribution in [2.24, 2.45) is 0 Å². The third-order valence-corrected chi connectivity index (χ3v) is 6.22. The van der Waals surface area contributed by atoms with Crippen LogP contribution in [0.25, 0.3) is 0 Å². The molecule has 1 saturated heterocycles. The average Bonchev–Trinajstić information content (AvgIpc) is 2.78. The van der Waals surface area contributed by atoms with Crippen LogP contribution in [0.15, 0.2) is 36.4 Å². The van der Waals surface area contributed by atoms with Crippen molar-refractivity contribution in [3.63, 3.8) is 0 Å². The molecule has 2 aromatic rings. The Morgan fingerprint density at radius 2 is 1.60 bits per heavy atom. The number of amides is 1. The van der Waals surface area contributed by atoms with Gasteiger partial charge in [0.15, 0.2) is 0 Å². The van der Waals surface area contributed by atoms with Gasteiger partial charge in [-0.25, -0.2) is 0 Å². The van der Waals surface area contributed by atoms with Crippen molar-refractivity contribution in [3.8, 4) is 0 Å². The first-order chi connectivity index (χ1) is 16.4. The minimum atomic E-state index is -4.65. The van der Waals surface area contributed by atoms with E-state index in [1.54, 1.807) is 4.90 Å². The normalized spacial score (nSPS) is 15.1. The second-order valence-corrected chi connectivity index (χ2v) is 9.39. The van der Waals surface area contributed by atoms with Gasteiger partial charge in [0.2, 0.25) is 5.91 Å². The quantitative estimate of drug-likeness (QED) is 0.401. The molecule has 0 saturated carbocycles. The Labute approximate surface area is 203 Å². The number of nitro groups is 1. The Kier molecular flexibility index (Phi) is 8.04. The monoisotopic (exact) mass is 492 g/mol. The molecule has 1 aliphatic rings. The largest absolute Gasteiger partial charge is 0.416 e. The molecule has 3 rings (SSSR count). The van der Waals surface area contributed by atoms with Gasteiger partial charge in [0.25, 0.3) is 5.69 Å². The number of rotatable bonds is 7. The van der Waals surface area contributed by atoms with E-state index in [0.717, 1.165) is 28.9 Å². The molecule has 0 unspecified atom stereocenters. The van der Waals surface area contributed by atoms with E-state index in [1.807, 2.05) is 23.1 Å². The predicted octanol–water partition coefficient (Wildman–Crippen LogP) is 5.62. The zero-order chi connectivity index (χ0) is 25.9. The lowest BCUT2D eigenvalue weighted by atomic mass is 9.92. The van der Waals surface area contributed by atoms with Crippen LogP contribution in [0.5, 0.6) is 0 Å². The summed E-state index contributed by atoms with van der Waals surface area (Å²) in [6.07, 6.45) is -4.65. The Morgan fingerprint density at radius 1 is 1.03 bits per heavy atom. The summed E-state index contributed by atoms with van der Waals surface area (Å²) in [6.45, 7) is 10.1. The van der Waals surface area contributed by atoms with Gasteiger partial charge in [-0.2, -0.15) is 13.2 Å². The standard InChI is InChI=1S/C25H31F3N4O3/c1-16(2)19-6-5-7-20(17(3)4)24(19)29-23(33)15-30-10-12-31(13-11-30)21-9-8-18(25(26,27)28)14-22(21)32(34)35/h5-9,14,16-17H,10-13,15H2,1-4H3,(H,29,33). The zero-order valence-corrected chi connectivity index (χ0v) is 20.4. The fourth-order valence-corrected chi connectivity index (χ4v) is 4.34. The van der Waals surface area contributed by atoms with Crippen LogP contribution in [0.3, 0.4) is 0 Å². The first kappa shape index (κ1) is 26.5. The second-order valence-electron chi connectivity index (χ2n) is 9.39. The van der Waals surface area contributed by atoms with Gasteiger partial charge < -0.3 is 10.2 Å². The highest BCUT2D eigenvalue weighted by Gasteiger charge is 2.34. The number of nitro benzene ring substituents is 1. The number of alkyl halides is 3. The fourth-order valence-electron chi connectivity index (χ4n) is 4.34. The molecule has 10 heteroatoms. The average molecular weight is 493 g/mol. The van der Waals surface area contributed by atoms with Crippen molar-refractivity contribution in [1.29, 1.82) is 0 Å². The molecule has 0 aliphatic carbocycles. The van der Waals surface area contributed by atoms with Gasteiger partial charge in [0.1, 0.15) is 5.69 Å². The lowest BCUT2D eigenvalue weighted by Crippen LogP contribution is -2.48. The van der Waals surface area contributed by atoms with E-state index < -0.39 is 22.4 Å². The summed E-state index contributed by atoms with van der Waals surface area (Å²) < 4.78 is 39.0. The number of carbonyl (C=O) groups is 1. The molecule has 0 bridgehead atoms. The molecule has 0 aromatic heterocycles. The molecule has 1 N–H and O–H groups in total. The predicted molar refractivity (Wildman–Crippen MR) is 130 cm³/mol.